The second kappa shape index (κ2) is 8.86. The first kappa shape index (κ1) is 20.4. The summed E-state index contributed by atoms with van der Waals surface area (Å²) in [4.78, 5) is 12.3. The lowest BCUT2D eigenvalue weighted by Crippen LogP contribution is -2.17. The van der Waals surface area contributed by atoms with Gasteiger partial charge in [0.2, 0.25) is 0 Å². The zero-order valence-electron chi connectivity index (χ0n) is 16.3. The lowest BCUT2D eigenvalue weighted by atomic mass is 10.1. The number of halogens is 1. The first-order chi connectivity index (χ1) is 15.0. The molecule has 0 saturated heterocycles. The molecule has 0 aliphatic heterocycles. The van der Waals surface area contributed by atoms with Crippen molar-refractivity contribution in [3.63, 3.8) is 0 Å². The quantitative estimate of drug-likeness (QED) is 0.323. The molecule has 1 heterocycles. The molecular formula is C24H17BrN4O2. The molecular weight excluding hydrogens is 456 g/mol. The molecule has 2 N–H and O–H groups in total. The second-order valence-corrected chi connectivity index (χ2v) is 7.81. The Morgan fingerprint density at radius 1 is 1.16 bits per heavy atom. The van der Waals surface area contributed by atoms with Crippen molar-refractivity contribution in [2.75, 3.05) is 0 Å². The van der Waals surface area contributed by atoms with Gasteiger partial charge in [0.1, 0.15) is 11.8 Å². The van der Waals surface area contributed by atoms with Gasteiger partial charge in [-0.05, 0) is 48.0 Å². The molecule has 0 aliphatic rings. The molecule has 1 amide bonds. The first-order valence-corrected chi connectivity index (χ1v) is 10.2. The van der Waals surface area contributed by atoms with E-state index in [1.165, 1.54) is 23.8 Å². The van der Waals surface area contributed by atoms with Crippen LogP contribution in [-0.2, 0) is 6.54 Å². The van der Waals surface area contributed by atoms with Crippen LogP contribution >= 0.6 is 15.9 Å². The van der Waals surface area contributed by atoms with Gasteiger partial charge in [-0.25, -0.2) is 5.43 Å². The third-order valence-electron chi connectivity index (χ3n) is 4.86. The SMILES string of the molecule is N#Cc1cc(C(=O)NN=Cc2cccc3c2ccn3Cc2ccc(Br)cc2)ccc1O. The van der Waals surface area contributed by atoms with Crippen molar-refractivity contribution in [1.29, 1.82) is 5.26 Å². The fourth-order valence-corrected chi connectivity index (χ4v) is 3.54. The van der Waals surface area contributed by atoms with Crippen LogP contribution in [0.4, 0.5) is 0 Å². The monoisotopic (exact) mass is 472 g/mol. The van der Waals surface area contributed by atoms with Gasteiger partial charge in [0, 0.05) is 39.2 Å². The highest BCUT2D eigenvalue weighted by Crippen LogP contribution is 2.21. The Bertz CT molecular complexity index is 1330. The smallest absolute Gasteiger partial charge is 0.271 e. The second-order valence-electron chi connectivity index (χ2n) is 6.89. The van der Waals surface area contributed by atoms with Gasteiger partial charge in [-0.1, -0.05) is 40.2 Å². The lowest BCUT2D eigenvalue weighted by Gasteiger charge is -2.07. The fourth-order valence-electron chi connectivity index (χ4n) is 3.28. The van der Waals surface area contributed by atoms with Crippen LogP contribution in [0.2, 0.25) is 0 Å². The molecule has 4 rings (SSSR count). The highest BCUT2D eigenvalue weighted by Gasteiger charge is 2.09. The summed E-state index contributed by atoms with van der Waals surface area (Å²) in [6.07, 6.45) is 3.62. The summed E-state index contributed by atoms with van der Waals surface area (Å²) >= 11 is 3.46. The number of nitriles is 1. The number of carbonyl (C=O) groups is 1. The molecule has 6 nitrogen and oxygen atoms in total. The van der Waals surface area contributed by atoms with Gasteiger partial charge in [-0.15, -0.1) is 0 Å². The van der Waals surface area contributed by atoms with E-state index in [2.05, 4.69) is 43.2 Å². The molecule has 0 bridgehead atoms. The van der Waals surface area contributed by atoms with Crippen molar-refractivity contribution in [2.45, 2.75) is 6.54 Å². The number of nitrogens with one attached hydrogen (secondary N) is 1. The minimum Gasteiger partial charge on any atom is -0.507 e. The van der Waals surface area contributed by atoms with Crippen LogP contribution in [0.1, 0.15) is 27.0 Å². The topological polar surface area (TPSA) is 90.4 Å². The van der Waals surface area contributed by atoms with E-state index < -0.39 is 5.91 Å². The van der Waals surface area contributed by atoms with Crippen molar-refractivity contribution in [3.8, 4) is 11.8 Å². The number of rotatable bonds is 5. The summed E-state index contributed by atoms with van der Waals surface area (Å²) in [5.74, 6) is -0.630. The number of hydrazone groups is 1. The molecule has 0 radical (unpaired) electrons. The minimum absolute atomic E-state index is 0.0357. The molecule has 1 aromatic heterocycles. The van der Waals surface area contributed by atoms with Crippen LogP contribution in [0.15, 0.2) is 82.5 Å². The van der Waals surface area contributed by atoms with Crippen LogP contribution in [-0.4, -0.2) is 21.8 Å². The van der Waals surface area contributed by atoms with E-state index in [0.29, 0.717) is 0 Å². The Morgan fingerprint density at radius 3 is 2.74 bits per heavy atom. The Hall–Kier alpha value is -3.89. The Balaban J connectivity index is 1.51. The molecule has 0 aliphatic carbocycles. The highest BCUT2D eigenvalue weighted by molar-refractivity contribution is 9.10. The molecule has 0 atom stereocenters. The predicted octanol–water partition coefficient (Wildman–Crippen LogP) is 4.79. The maximum Gasteiger partial charge on any atom is 0.271 e. The number of benzene rings is 3. The van der Waals surface area contributed by atoms with Crippen molar-refractivity contribution < 1.29 is 9.90 Å². The van der Waals surface area contributed by atoms with Crippen LogP contribution in [0.5, 0.6) is 5.75 Å². The maximum atomic E-state index is 12.3. The van der Waals surface area contributed by atoms with Gasteiger partial charge in [-0.2, -0.15) is 10.4 Å². The van der Waals surface area contributed by atoms with Crippen LogP contribution in [0.25, 0.3) is 10.9 Å². The number of fused-ring (bicyclic) bond motifs is 1. The summed E-state index contributed by atoms with van der Waals surface area (Å²) < 4.78 is 3.21. The number of nitrogens with zero attached hydrogens (tertiary/aromatic N) is 3. The zero-order chi connectivity index (χ0) is 21.8. The molecule has 0 fully saturated rings. The Morgan fingerprint density at radius 2 is 1.97 bits per heavy atom. The number of amides is 1. The summed E-state index contributed by atoms with van der Waals surface area (Å²) in [5, 5.41) is 23.6. The van der Waals surface area contributed by atoms with E-state index in [1.54, 1.807) is 6.21 Å². The van der Waals surface area contributed by atoms with Gasteiger partial charge < -0.3 is 9.67 Å². The maximum absolute atomic E-state index is 12.3. The number of aromatic nitrogens is 1. The molecule has 3 aromatic carbocycles. The van der Waals surface area contributed by atoms with E-state index >= 15 is 0 Å². The molecule has 31 heavy (non-hydrogen) atoms. The molecule has 0 spiro atoms. The number of carbonyl (C=O) groups excluding carboxylic acids is 1. The summed E-state index contributed by atoms with van der Waals surface area (Å²) in [6.45, 7) is 0.746. The number of hydrogen-bond acceptors (Lipinski definition) is 4. The zero-order valence-corrected chi connectivity index (χ0v) is 17.9. The Kier molecular flexibility index (Phi) is 5.83. The lowest BCUT2D eigenvalue weighted by molar-refractivity contribution is 0.0955. The largest absolute Gasteiger partial charge is 0.507 e. The van der Waals surface area contributed by atoms with Crippen LogP contribution < -0.4 is 5.43 Å². The normalized spacial score (nSPS) is 11.0. The number of phenols is 1. The van der Waals surface area contributed by atoms with Gasteiger partial charge >= 0.3 is 0 Å². The van der Waals surface area contributed by atoms with Crippen LogP contribution in [0, 0.1) is 11.3 Å². The van der Waals surface area contributed by atoms with E-state index in [1.807, 2.05) is 48.7 Å². The van der Waals surface area contributed by atoms with Gasteiger partial charge in [0.15, 0.2) is 0 Å². The van der Waals surface area contributed by atoms with E-state index in [9.17, 15) is 9.90 Å². The van der Waals surface area contributed by atoms with E-state index in [4.69, 9.17) is 5.26 Å². The molecule has 152 valence electrons. The standard InChI is InChI=1S/C24H17BrN4O2/c25-20-7-4-16(5-8-20)15-29-11-10-21-18(2-1-3-22(21)29)14-27-28-24(31)17-6-9-23(30)19(12-17)13-26/h1-12,14,30H,15H2,(H,28,31). The summed E-state index contributed by atoms with van der Waals surface area (Å²) in [7, 11) is 0. The molecule has 0 unspecified atom stereocenters. The Labute approximate surface area is 187 Å². The first-order valence-electron chi connectivity index (χ1n) is 9.44. The predicted molar refractivity (Wildman–Crippen MR) is 123 cm³/mol. The summed E-state index contributed by atoms with van der Waals surface area (Å²) in [6, 6.07) is 22.1. The minimum atomic E-state index is -0.465. The van der Waals surface area contributed by atoms with Crippen LogP contribution in [0.3, 0.4) is 0 Å². The summed E-state index contributed by atoms with van der Waals surface area (Å²) in [5.41, 5.74) is 5.87. The average molecular weight is 473 g/mol. The van der Waals surface area contributed by atoms with Gasteiger partial charge in [0.05, 0.1) is 11.8 Å². The van der Waals surface area contributed by atoms with Crippen molar-refractivity contribution in [3.05, 3.63) is 99.7 Å². The fraction of sp³-hybridized carbons (Fsp3) is 0.0417. The van der Waals surface area contributed by atoms with Gasteiger partial charge in [-0.3, -0.25) is 4.79 Å². The third kappa shape index (κ3) is 4.49. The third-order valence-corrected chi connectivity index (χ3v) is 5.39. The van der Waals surface area contributed by atoms with Gasteiger partial charge in [0.25, 0.3) is 5.91 Å². The van der Waals surface area contributed by atoms with Crippen molar-refractivity contribution >= 4 is 39.0 Å². The molecule has 7 heteroatoms. The van der Waals surface area contributed by atoms with Crippen molar-refractivity contribution in [2.24, 2.45) is 5.10 Å². The number of phenolic OH excluding ortho intramolecular Hbond substituents is 1. The number of aromatic hydroxyl groups is 1. The molecule has 4 aromatic rings. The average Bonchev–Trinajstić information content (AvgIpc) is 3.19. The van der Waals surface area contributed by atoms with E-state index in [0.717, 1.165) is 27.5 Å². The van der Waals surface area contributed by atoms with Crippen molar-refractivity contribution in [1.82, 2.24) is 9.99 Å². The number of hydrogen-bond donors (Lipinski definition) is 2. The highest BCUT2D eigenvalue weighted by atomic mass is 79.9. The molecule has 0 saturated carbocycles. The van der Waals surface area contributed by atoms with E-state index in [-0.39, 0.29) is 16.9 Å².